The molecule has 4 heteroatoms. The fourth-order valence-corrected chi connectivity index (χ4v) is 2.83. The third-order valence-electron chi connectivity index (χ3n) is 4.26. The third kappa shape index (κ3) is 5.33. The van der Waals surface area contributed by atoms with E-state index in [9.17, 15) is 4.79 Å². The Labute approximate surface area is 140 Å². The Morgan fingerprint density at radius 2 is 1.91 bits per heavy atom. The summed E-state index contributed by atoms with van der Waals surface area (Å²) in [5.74, 6) is 1.63. The lowest BCUT2D eigenvalue weighted by Crippen LogP contribution is -2.44. The van der Waals surface area contributed by atoms with Crippen molar-refractivity contribution < 1.29 is 9.53 Å². The van der Waals surface area contributed by atoms with Gasteiger partial charge in [0.15, 0.2) is 5.78 Å². The minimum atomic E-state index is 0.236. The van der Waals surface area contributed by atoms with Gasteiger partial charge in [0.05, 0.1) is 6.61 Å². The monoisotopic (exact) mass is 318 g/mol. The molecule has 4 nitrogen and oxygen atoms in total. The van der Waals surface area contributed by atoms with E-state index in [1.165, 1.54) is 0 Å². The van der Waals surface area contributed by atoms with Crippen LogP contribution >= 0.6 is 0 Å². The number of aryl methyl sites for hydroxylation is 2. The van der Waals surface area contributed by atoms with Gasteiger partial charge in [-0.3, -0.25) is 4.79 Å². The van der Waals surface area contributed by atoms with Gasteiger partial charge < -0.3 is 15.0 Å². The summed E-state index contributed by atoms with van der Waals surface area (Å²) in [7, 11) is 0. The number of carbonyl (C=O) groups is 1. The molecule has 2 rings (SSSR count). The molecule has 0 spiro atoms. The molecule has 1 saturated heterocycles. The predicted octanol–water partition coefficient (Wildman–Crippen LogP) is 2.82. The van der Waals surface area contributed by atoms with Crippen LogP contribution in [0.3, 0.4) is 0 Å². The van der Waals surface area contributed by atoms with Crippen LogP contribution in [0, 0.1) is 19.8 Å². The second kappa shape index (κ2) is 8.46. The average Bonchev–Trinajstić information content (AvgIpc) is 2.54. The number of hydrogen-bond donors (Lipinski definition) is 1. The molecule has 0 atom stereocenters. The summed E-state index contributed by atoms with van der Waals surface area (Å²) >= 11 is 0. The zero-order valence-electron chi connectivity index (χ0n) is 14.9. The van der Waals surface area contributed by atoms with Gasteiger partial charge >= 0.3 is 0 Å². The van der Waals surface area contributed by atoms with Crippen LogP contribution in [0.25, 0.3) is 0 Å². The van der Waals surface area contributed by atoms with Gasteiger partial charge in [-0.05, 0) is 43.0 Å². The molecule has 1 fully saturated rings. The summed E-state index contributed by atoms with van der Waals surface area (Å²) in [6, 6.07) is 4.00. The lowest BCUT2D eigenvalue weighted by Gasteiger charge is -2.26. The van der Waals surface area contributed by atoms with Crippen molar-refractivity contribution in [2.45, 2.75) is 34.1 Å². The number of nitrogens with one attached hydrogen (secondary N) is 1. The second-order valence-corrected chi connectivity index (χ2v) is 6.90. The molecule has 0 amide bonds. The molecular formula is C19H30N2O2. The zero-order chi connectivity index (χ0) is 16.8. The van der Waals surface area contributed by atoms with Crippen LogP contribution in [-0.2, 0) is 0 Å². The van der Waals surface area contributed by atoms with Crippen LogP contribution in [-0.4, -0.2) is 50.0 Å². The van der Waals surface area contributed by atoms with Crippen molar-refractivity contribution in [3.8, 4) is 5.75 Å². The lowest BCUT2D eigenvalue weighted by atomic mass is 9.99. The van der Waals surface area contributed by atoms with E-state index in [1.807, 2.05) is 26.0 Å². The van der Waals surface area contributed by atoms with Crippen LogP contribution in [0.4, 0.5) is 0 Å². The van der Waals surface area contributed by atoms with Gasteiger partial charge in [0.25, 0.3) is 0 Å². The number of carbonyl (C=O) groups excluding carboxylic acids is 1. The van der Waals surface area contributed by atoms with Crippen molar-refractivity contribution in [2.75, 3.05) is 39.3 Å². The normalized spacial score (nSPS) is 15.9. The first-order valence-electron chi connectivity index (χ1n) is 8.67. The number of rotatable bonds is 7. The number of ketones is 1. The number of piperazine rings is 1. The molecule has 23 heavy (non-hydrogen) atoms. The van der Waals surface area contributed by atoms with Gasteiger partial charge in [-0.15, -0.1) is 0 Å². The Balaban J connectivity index is 1.98. The van der Waals surface area contributed by atoms with Gasteiger partial charge in [-0.1, -0.05) is 13.8 Å². The fourth-order valence-electron chi connectivity index (χ4n) is 2.83. The fraction of sp³-hybridized carbons (Fsp3) is 0.632. The van der Waals surface area contributed by atoms with Crippen molar-refractivity contribution in [2.24, 2.45) is 5.92 Å². The van der Waals surface area contributed by atoms with Crippen LogP contribution in [0.2, 0.25) is 0 Å². The van der Waals surface area contributed by atoms with Crippen molar-refractivity contribution in [3.05, 3.63) is 28.8 Å². The van der Waals surface area contributed by atoms with Crippen LogP contribution in [0.15, 0.2) is 12.1 Å². The number of Topliss-reactive ketones (excluding diaryl/α,β-unsaturated/α-hetero) is 1. The number of benzene rings is 1. The number of nitrogens with zero attached hydrogens (tertiary/aromatic N) is 1. The first-order valence-corrected chi connectivity index (χ1v) is 8.67. The van der Waals surface area contributed by atoms with Gasteiger partial charge in [0.1, 0.15) is 5.75 Å². The zero-order valence-corrected chi connectivity index (χ0v) is 14.9. The van der Waals surface area contributed by atoms with Gasteiger partial charge in [-0.2, -0.15) is 0 Å². The summed E-state index contributed by atoms with van der Waals surface area (Å²) in [5, 5.41) is 3.34. The first kappa shape index (κ1) is 18.0. The smallest absolute Gasteiger partial charge is 0.164 e. The highest BCUT2D eigenvalue weighted by atomic mass is 16.5. The highest BCUT2D eigenvalue weighted by Gasteiger charge is 2.15. The Hall–Kier alpha value is -1.39. The Morgan fingerprint density at radius 3 is 2.57 bits per heavy atom. The maximum Gasteiger partial charge on any atom is 0.164 e. The van der Waals surface area contributed by atoms with Crippen molar-refractivity contribution >= 4 is 5.78 Å². The van der Waals surface area contributed by atoms with Gasteiger partial charge in [0.2, 0.25) is 0 Å². The van der Waals surface area contributed by atoms with Gasteiger partial charge in [-0.25, -0.2) is 0 Å². The van der Waals surface area contributed by atoms with E-state index in [4.69, 9.17) is 4.74 Å². The van der Waals surface area contributed by atoms with E-state index in [2.05, 4.69) is 24.1 Å². The summed E-state index contributed by atoms with van der Waals surface area (Å²) in [6.45, 7) is 14.0. The van der Waals surface area contributed by atoms with E-state index < -0.39 is 0 Å². The van der Waals surface area contributed by atoms with Crippen LogP contribution in [0.5, 0.6) is 5.75 Å². The van der Waals surface area contributed by atoms with Crippen LogP contribution in [0.1, 0.15) is 41.8 Å². The summed E-state index contributed by atoms with van der Waals surface area (Å²) < 4.78 is 5.84. The summed E-state index contributed by atoms with van der Waals surface area (Å²) in [5.41, 5.74) is 2.90. The second-order valence-electron chi connectivity index (χ2n) is 6.90. The third-order valence-corrected chi connectivity index (χ3v) is 4.26. The molecule has 1 aromatic rings. The highest BCUT2D eigenvalue weighted by Crippen LogP contribution is 2.24. The predicted molar refractivity (Wildman–Crippen MR) is 94.5 cm³/mol. The molecule has 0 unspecified atom stereocenters. The van der Waals surface area contributed by atoms with E-state index in [-0.39, 0.29) is 5.78 Å². The molecule has 0 bridgehead atoms. The summed E-state index contributed by atoms with van der Waals surface area (Å²) in [6.07, 6.45) is 0.590. The van der Waals surface area contributed by atoms with E-state index in [0.717, 1.165) is 55.2 Å². The maximum absolute atomic E-state index is 12.6. The topological polar surface area (TPSA) is 41.6 Å². The molecule has 0 aromatic heterocycles. The molecule has 1 N–H and O–H groups in total. The SMILES string of the molecule is Cc1cc(C(=O)CCN2CCNCC2)c(C)cc1OCC(C)C. The van der Waals surface area contributed by atoms with Crippen molar-refractivity contribution in [3.63, 3.8) is 0 Å². The molecule has 128 valence electrons. The Bertz CT molecular complexity index is 534. The van der Waals surface area contributed by atoms with E-state index in [1.54, 1.807) is 0 Å². The lowest BCUT2D eigenvalue weighted by molar-refractivity contribution is 0.0960. The standard InChI is InChI=1S/C19H30N2O2/c1-14(2)13-23-19-12-15(3)17(11-16(19)4)18(22)5-8-21-9-6-20-7-10-21/h11-12,14,20H,5-10,13H2,1-4H3. The Morgan fingerprint density at radius 1 is 1.22 bits per heavy atom. The minimum absolute atomic E-state index is 0.236. The van der Waals surface area contributed by atoms with Crippen molar-refractivity contribution in [1.82, 2.24) is 10.2 Å². The number of ether oxygens (including phenoxy) is 1. The highest BCUT2D eigenvalue weighted by molar-refractivity contribution is 5.98. The molecule has 1 aliphatic rings. The molecule has 1 heterocycles. The molecule has 0 saturated carbocycles. The van der Waals surface area contributed by atoms with Crippen molar-refractivity contribution in [1.29, 1.82) is 0 Å². The van der Waals surface area contributed by atoms with E-state index >= 15 is 0 Å². The molecule has 1 aromatic carbocycles. The largest absolute Gasteiger partial charge is 0.493 e. The molecular weight excluding hydrogens is 288 g/mol. The first-order chi connectivity index (χ1) is 11.0. The van der Waals surface area contributed by atoms with E-state index in [0.29, 0.717) is 18.9 Å². The van der Waals surface area contributed by atoms with Crippen LogP contribution < -0.4 is 10.1 Å². The molecule has 1 aliphatic heterocycles. The maximum atomic E-state index is 12.6. The quantitative estimate of drug-likeness (QED) is 0.785. The average molecular weight is 318 g/mol. The minimum Gasteiger partial charge on any atom is -0.493 e. The number of hydrogen-bond acceptors (Lipinski definition) is 4. The molecule has 0 radical (unpaired) electrons. The molecule has 0 aliphatic carbocycles. The summed E-state index contributed by atoms with van der Waals surface area (Å²) in [4.78, 5) is 14.9. The Kier molecular flexibility index (Phi) is 6.60. The van der Waals surface area contributed by atoms with Gasteiger partial charge in [0, 0.05) is 44.7 Å².